The van der Waals surface area contributed by atoms with Gasteiger partial charge in [-0.15, -0.1) is 10.2 Å². The van der Waals surface area contributed by atoms with Crippen molar-refractivity contribution in [3.63, 3.8) is 0 Å². The van der Waals surface area contributed by atoms with Crippen molar-refractivity contribution in [1.82, 2.24) is 24.5 Å². The minimum atomic E-state index is -0.330. The van der Waals surface area contributed by atoms with Crippen molar-refractivity contribution in [1.29, 1.82) is 0 Å². The Kier molecular flexibility index (Phi) is 4.71. The van der Waals surface area contributed by atoms with Crippen molar-refractivity contribution in [2.45, 2.75) is 31.7 Å². The molecule has 0 radical (unpaired) electrons. The van der Waals surface area contributed by atoms with E-state index in [1.807, 2.05) is 43.2 Å². The van der Waals surface area contributed by atoms with Crippen LogP contribution in [0.3, 0.4) is 0 Å². The molecule has 7 heteroatoms. The van der Waals surface area contributed by atoms with Gasteiger partial charge in [0.1, 0.15) is 11.4 Å². The van der Waals surface area contributed by atoms with Gasteiger partial charge in [-0.1, -0.05) is 30.0 Å². The van der Waals surface area contributed by atoms with Crippen LogP contribution in [0.5, 0.6) is 0 Å². The minimum Gasteiger partial charge on any atom is -0.395 e. The van der Waals surface area contributed by atoms with Crippen molar-refractivity contribution >= 4 is 5.71 Å². The molecule has 1 aliphatic carbocycles. The monoisotopic (exact) mass is 448 g/mol. The number of aliphatic hydroxyl groups is 1. The van der Waals surface area contributed by atoms with Crippen molar-refractivity contribution < 1.29 is 5.11 Å². The highest BCUT2D eigenvalue weighted by Gasteiger charge is 2.51. The zero-order valence-electron chi connectivity index (χ0n) is 19.2. The van der Waals surface area contributed by atoms with E-state index in [2.05, 4.69) is 62.0 Å². The molecule has 1 N–H and O–H groups in total. The predicted molar refractivity (Wildman–Crippen MR) is 130 cm³/mol. The van der Waals surface area contributed by atoms with Crippen molar-refractivity contribution in [3.8, 4) is 28.7 Å². The average molecular weight is 449 g/mol. The Morgan fingerprint density at radius 2 is 1.82 bits per heavy atom. The maximum atomic E-state index is 8.98. The maximum Gasteiger partial charge on any atom is 0.165 e. The Balaban J connectivity index is 1.54. The molecule has 6 rings (SSSR count). The fourth-order valence-corrected chi connectivity index (χ4v) is 4.55. The summed E-state index contributed by atoms with van der Waals surface area (Å²) in [5.74, 6) is 7.87. The van der Waals surface area contributed by atoms with Crippen LogP contribution in [0.1, 0.15) is 47.6 Å². The highest BCUT2D eigenvalue weighted by Crippen LogP contribution is 2.51. The third kappa shape index (κ3) is 3.35. The maximum absolute atomic E-state index is 8.98. The fraction of sp³-hybridized carbons (Fsp3) is 0.259. The molecule has 0 bridgehead atoms. The number of benzene rings is 2. The first-order chi connectivity index (χ1) is 16.6. The summed E-state index contributed by atoms with van der Waals surface area (Å²) in [6.07, 6.45) is 6.30. The standard InChI is InChI=1S/C27H24N6O/c1-18-30-31-26-27(12-13-27)29-25(20-8-6-19(7-9-20)5-3-4-14-34)23-15-21(10-11-24(23)33(18)26)22-16-28-32(2)17-22/h6-11,15-17,34H,4,12-14H2,1-2H3. The van der Waals surface area contributed by atoms with Crippen LogP contribution in [-0.2, 0) is 12.6 Å². The molecular formula is C27H24N6O. The van der Waals surface area contributed by atoms with Crippen LogP contribution in [0.2, 0.25) is 0 Å². The van der Waals surface area contributed by atoms with E-state index in [1.165, 1.54) is 0 Å². The molecule has 0 atom stereocenters. The highest BCUT2D eigenvalue weighted by atomic mass is 16.2. The lowest BCUT2D eigenvalue weighted by atomic mass is 9.96. The number of fused-ring (bicyclic) bond motifs is 4. The van der Waals surface area contributed by atoms with E-state index in [0.29, 0.717) is 6.42 Å². The lowest BCUT2D eigenvalue weighted by molar-refractivity contribution is 0.305. The van der Waals surface area contributed by atoms with Gasteiger partial charge in [0.05, 0.1) is 24.2 Å². The number of nitrogens with zero attached hydrogens (tertiary/aromatic N) is 6. The summed E-state index contributed by atoms with van der Waals surface area (Å²) in [7, 11) is 1.93. The van der Waals surface area contributed by atoms with Crippen LogP contribution in [0, 0.1) is 18.8 Å². The normalized spacial score (nSPS) is 15.1. The molecule has 0 unspecified atom stereocenters. The van der Waals surface area contributed by atoms with Crippen LogP contribution in [0.4, 0.5) is 0 Å². The fourth-order valence-electron chi connectivity index (χ4n) is 4.55. The summed E-state index contributed by atoms with van der Waals surface area (Å²) in [5.41, 5.74) is 6.83. The van der Waals surface area contributed by atoms with Gasteiger partial charge in [0, 0.05) is 41.9 Å². The first kappa shape index (κ1) is 20.6. The summed E-state index contributed by atoms with van der Waals surface area (Å²) < 4.78 is 3.98. The zero-order valence-corrected chi connectivity index (χ0v) is 19.2. The van der Waals surface area contributed by atoms with E-state index in [0.717, 1.165) is 63.7 Å². The molecule has 1 spiro atoms. The summed E-state index contributed by atoms with van der Waals surface area (Å²) >= 11 is 0. The van der Waals surface area contributed by atoms with E-state index in [-0.39, 0.29) is 12.1 Å². The molecule has 2 aromatic carbocycles. The van der Waals surface area contributed by atoms with E-state index in [9.17, 15) is 0 Å². The van der Waals surface area contributed by atoms with Gasteiger partial charge in [-0.05, 0) is 49.6 Å². The third-order valence-corrected chi connectivity index (χ3v) is 6.45. The summed E-state index contributed by atoms with van der Waals surface area (Å²) in [6.45, 7) is 2.07. The number of aliphatic imine (C=N–C) groups is 1. The van der Waals surface area contributed by atoms with Crippen molar-refractivity contribution in [3.05, 3.63) is 83.2 Å². The molecule has 34 heavy (non-hydrogen) atoms. The Hall–Kier alpha value is -4.02. The van der Waals surface area contributed by atoms with Gasteiger partial charge in [-0.3, -0.25) is 14.2 Å². The highest BCUT2D eigenvalue weighted by molar-refractivity contribution is 6.16. The minimum absolute atomic E-state index is 0.0726. The molecular weight excluding hydrogens is 424 g/mol. The molecule has 168 valence electrons. The van der Waals surface area contributed by atoms with Gasteiger partial charge in [0.25, 0.3) is 0 Å². The topological polar surface area (TPSA) is 81.1 Å². The molecule has 4 aromatic rings. The van der Waals surface area contributed by atoms with Gasteiger partial charge in [0.15, 0.2) is 5.82 Å². The number of aryl methyl sites for hydroxylation is 2. The molecule has 2 aromatic heterocycles. The summed E-state index contributed by atoms with van der Waals surface area (Å²) in [5, 5.41) is 22.3. The Labute approximate surface area is 197 Å². The SMILES string of the molecule is Cc1nnc2n1-c1ccc(-c3cnn(C)c3)cc1C(c1ccc(C#CCCO)cc1)=NC21CC1. The lowest BCUT2D eigenvalue weighted by Gasteiger charge is -2.14. The van der Waals surface area contributed by atoms with Crippen molar-refractivity contribution in [2.75, 3.05) is 6.61 Å². The smallest absolute Gasteiger partial charge is 0.165 e. The molecule has 3 heterocycles. The van der Waals surface area contributed by atoms with E-state index in [4.69, 9.17) is 10.1 Å². The van der Waals surface area contributed by atoms with E-state index >= 15 is 0 Å². The first-order valence-corrected chi connectivity index (χ1v) is 11.4. The largest absolute Gasteiger partial charge is 0.395 e. The third-order valence-electron chi connectivity index (χ3n) is 6.45. The Morgan fingerprint density at radius 3 is 2.53 bits per heavy atom. The number of rotatable bonds is 3. The molecule has 7 nitrogen and oxygen atoms in total. The molecule has 2 aliphatic rings. The molecule has 1 fully saturated rings. The van der Waals surface area contributed by atoms with Crippen LogP contribution in [-0.4, -0.2) is 42.0 Å². The first-order valence-electron chi connectivity index (χ1n) is 11.4. The number of hydrogen-bond acceptors (Lipinski definition) is 5. The van der Waals surface area contributed by atoms with Crippen LogP contribution >= 0.6 is 0 Å². The predicted octanol–water partition coefficient (Wildman–Crippen LogP) is 3.55. The Bertz CT molecular complexity index is 1490. The van der Waals surface area contributed by atoms with Crippen molar-refractivity contribution in [2.24, 2.45) is 12.0 Å². The molecule has 0 saturated heterocycles. The Morgan fingerprint density at radius 1 is 1.03 bits per heavy atom. The average Bonchev–Trinajstić information content (AvgIpc) is 3.37. The lowest BCUT2D eigenvalue weighted by Crippen LogP contribution is -2.11. The number of aromatic nitrogens is 5. The quantitative estimate of drug-likeness (QED) is 0.486. The number of aliphatic hydroxyl groups excluding tert-OH is 1. The van der Waals surface area contributed by atoms with Gasteiger partial charge in [0.2, 0.25) is 0 Å². The van der Waals surface area contributed by atoms with Crippen LogP contribution < -0.4 is 0 Å². The second kappa shape index (κ2) is 7.79. The van der Waals surface area contributed by atoms with Gasteiger partial charge >= 0.3 is 0 Å². The van der Waals surface area contributed by atoms with Gasteiger partial charge in [-0.2, -0.15) is 5.10 Å². The number of hydrogen-bond donors (Lipinski definition) is 1. The van der Waals surface area contributed by atoms with E-state index < -0.39 is 0 Å². The van der Waals surface area contributed by atoms with E-state index in [1.54, 1.807) is 0 Å². The second-order valence-electron chi connectivity index (χ2n) is 8.89. The molecule has 1 aliphatic heterocycles. The molecule has 1 saturated carbocycles. The summed E-state index contributed by atoms with van der Waals surface area (Å²) in [6, 6.07) is 14.7. The zero-order chi connectivity index (χ0) is 23.3. The van der Waals surface area contributed by atoms with Gasteiger partial charge in [-0.25, -0.2) is 0 Å². The van der Waals surface area contributed by atoms with Crippen LogP contribution in [0.25, 0.3) is 16.8 Å². The summed E-state index contributed by atoms with van der Waals surface area (Å²) in [4.78, 5) is 5.33. The molecule has 0 amide bonds. The second-order valence-corrected chi connectivity index (χ2v) is 8.89. The van der Waals surface area contributed by atoms with Crippen LogP contribution in [0.15, 0.2) is 59.9 Å². The van der Waals surface area contributed by atoms with Gasteiger partial charge < -0.3 is 5.11 Å².